The second-order valence-electron chi connectivity index (χ2n) is 6.06. The SMILES string of the molecule is CCOc1cncc(C2CC(C)(C)CCC2N)c1. The summed E-state index contributed by atoms with van der Waals surface area (Å²) in [4.78, 5) is 4.28. The van der Waals surface area contributed by atoms with Crippen LogP contribution in [0.1, 0.15) is 51.5 Å². The van der Waals surface area contributed by atoms with Crippen molar-refractivity contribution in [1.82, 2.24) is 4.98 Å². The average molecular weight is 248 g/mol. The molecule has 3 nitrogen and oxygen atoms in total. The molecule has 2 atom stereocenters. The number of rotatable bonds is 3. The molecule has 1 saturated carbocycles. The van der Waals surface area contributed by atoms with Gasteiger partial charge in [0.15, 0.2) is 0 Å². The van der Waals surface area contributed by atoms with Gasteiger partial charge in [0.25, 0.3) is 0 Å². The number of hydrogen-bond acceptors (Lipinski definition) is 3. The summed E-state index contributed by atoms with van der Waals surface area (Å²) in [5, 5.41) is 0. The molecule has 1 aromatic rings. The largest absolute Gasteiger partial charge is 0.492 e. The standard InChI is InChI=1S/C15H24N2O/c1-4-18-12-7-11(9-17-10-12)13-8-15(2,3)6-5-14(13)16/h7,9-10,13-14H,4-6,8,16H2,1-3H3. The predicted octanol–water partition coefficient (Wildman–Crippen LogP) is 3.10. The van der Waals surface area contributed by atoms with Crippen LogP contribution in [0.25, 0.3) is 0 Å². The van der Waals surface area contributed by atoms with E-state index in [1.807, 2.05) is 13.1 Å². The molecule has 100 valence electrons. The molecule has 1 fully saturated rings. The first-order valence-electron chi connectivity index (χ1n) is 6.85. The van der Waals surface area contributed by atoms with Gasteiger partial charge in [0, 0.05) is 18.2 Å². The topological polar surface area (TPSA) is 48.1 Å². The molecule has 2 unspecified atom stereocenters. The molecule has 0 radical (unpaired) electrons. The van der Waals surface area contributed by atoms with E-state index in [9.17, 15) is 0 Å². The van der Waals surface area contributed by atoms with E-state index >= 15 is 0 Å². The maximum atomic E-state index is 6.29. The third-order valence-corrected chi connectivity index (χ3v) is 3.92. The minimum absolute atomic E-state index is 0.247. The van der Waals surface area contributed by atoms with Crippen LogP contribution in [0.15, 0.2) is 18.5 Å². The molecule has 1 heterocycles. The van der Waals surface area contributed by atoms with E-state index in [0.29, 0.717) is 17.9 Å². The number of nitrogens with zero attached hydrogens (tertiary/aromatic N) is 1. The predicted molar refractivity (Wildman–Crippen MR) is 73.8 cm³/mol. The molecule has 0 bridgehead atoms. The molecule has 0 spiro atoms. The fraction of sp³-hybridized carbons (Fsp3) is 0.667. The van der Waals surface area contributed by atoms with Gasteiger partial charge in [-0.05, 0) is 43.2 Å². The molecule has 18 heavy (non-hydrogen) atoms. The van der Waals surface area contributed by atoms with Gasteiger partial charge in [0.1, 0.15) is 5.75 Å². The highest BCUT2D eigenvalue weighted by Gasteiger charge is 2.34. The average Bonchev–Trinajstić information content (AvgIpc) is 2.33. The molecule has 0 aliphatic heterocycles. The van der Waals surface area contributed by atoms with E-state index in [1.165, 1.54) is 12.0 Å². The Labute approximate surface area is 110 Å². The smallest absolute Gasteiger partial charge is 0.137 e. The highest BCUT2D eigenvalue weighted by Crippen LogP contribution is 2.43. The summed E-state index contributed by atoms with van der Waals surface area (Å²) in [6, 6.07) is 2.35. The summed E-state index contributed by atoms with van der Waals surface area (Å²) < 4.78 is 5.52. The molecule has 0 aromatic carbocycles. The van der Waals surface area contributed by atoms with Gasteiger partial charge in [0.05, 0.1) is 12.8 Å². The first-order valence-corrected chi connectivity index (χ1v) is 6.85. The summed E-state index contributed by atoms with van der Waals surface area (Å²) in [7, 11) is 0. The normalized spacial score (nSPS) is 26.9. The second-order valence-corrected chi connectivity index (χ2v) is 6.06. The van der Waals surface area contributed by atoms with Crippen molar-refractivity contribution in [3.8, 4) is 5.75 Å². The van der Waals surface area contributed by atoms with Gasteiger partial charge in [-0.1, -0.05) is 13.8 Å². The molecule has 2 N–H and O–H groups in total. The van der Waals surface area contributed by atoms with E-state index in [2.05, 4.69) is 24.9 Å². The van der Waals surface area contributed by atoms with Crippen molar-refractivity contribution >= 4 is 0 Å². The molecule has 0 amide bonds. The van der Waals surface area contributed by atoms with Crippen LogP contribution in [-0.4, -0.2) is 17.6 Å². The monoisotopic (exact) mass is 248 g/mol. The molecule has 1 aliphatic rings. The highest BCUT2D eigenvalue weighted by atomic mass is 16.5. The van der Waals surface area contributed by atoms with Crippen molar-refractivity contribution in [3.63, 3.8) is 0 Å². The molecular weight excluding hydrogens is 224 g/mol. The lowest BCUT2D eigenvalue weighted by molar-refractivity contribution is 0.198. The summed E-state index contributed by atoms with van der Waals surface area (Å²) >= 11 is 0. The van der Waals surface area contributed by atoms with E-state index in [1.54, 1.807) is 6.20 Å². The van der Waals surface area contributed by atoms with Gasteiger partial charge in [0.2, 0.25) is 0 Å². The second kappa shape index (κ2) is 5.27. The Morgan fingerprint density at radius 2 is 2.22 bits per heavy atom. The maximum absolute atomic E-state index is 6.29. The Hall–Kier alpha value is -1.09. The summed E-state index contributed by atoms with van der Waals surface area (Å²) in [6.07, 6.45) is 7.14. The third kappa shape index (κ3) is 3.02. The zero-order chi connectivity index (χ0) is 13.2. The Kier molecular flexibility index (Phi) is 3.91. The van der Waals surface area contributed by atoms with Crippen molar-refractivity contribution in [2.24, 2.45) is 11.1 Å². The zero-order valence-corrected chi connectivity index (χ0v) is 11.6. The Bertz CT molecular complexity index is 403. The van der Waals surface area contributed by atoms with Crippen LogP contribution in [0.2, 0.25) is 0 Å². The quantitative estimate of drug-likeness (QED) is 0.894. The zero-order valence-electron chi connectivity index (χ0n) is 11.6. The van der Waals surface area contributed by atoms with Gasteiger partial charge >= 0.3 is 0 Å². The minimum atomic E-state index is 0.247. The van der Waals surface area contributed by atoms with E-state index in [4.69, 9.17) is 10.5 Å². The van der Waals surface area contributed by atoms with Crippen LogP contribution in [0.5, 0.6) is 5.75 Å². The molecule has 3 heteroatoms. The number of hydrogen-bond donors (Lipinski definition) is 1. The lowest BCUT2D eigenvalue weighted by Gasteiger charge is -2.39. The van der Waals surface area contributed by atoms with Crippen LogP contribution in [0.3, 0.4) is 0 Å². The van der Waals surface area contributed by atoms with Gasteiger partial charge in [-0.25, -0.2) is 0 Å². The molecule has 1 aromatic heterocycles. The van der Waals surface area contributed by atoms with Crippen molar-refractivity contribution < 1.29 is 4.74 Å². The van der Waals surface area contributed by atoms with Gasteiger partial charge in [-0.3, -0.25) is 4.98 Å². The lowest BCUT2D eigenvalue weighted by Crippen LogP contribution is -2.37. The Morgan fingerprint density at radius 3 is 2.94 bits per heavy atom. The van der Waals surface area contributed by atoms with Crippen molar-refractivity contribution in [2.75, 3.05) is 6.61 Å². The third-order valence-electron chi connectivity index (χ3n) is 3.92. The number of ether oxygens (including phenoxy) is 1. The van der Waals surface area contributed by atoms with E-state index < -0.39 is 0 Å². The number of pyridine rings is 1. The Morgan fingerprint density at radius 1 is 1.44 bits per heavy atom. The van der Waals surface area contributed by atoms with Crippen molar-refractivity contribution in [2.45, 2.75) is 52.0 Å². The first kappa shape index (κ1) is 13.3. The molecular formula is C15H24N2O. The first-order chi connectivity index (χ1) is 8.52. The Balaban J connectivity index is 2.20. The molecule has 1 aliphatic carbocycles. The van der Waals surface area contributed by atoms with E-state index in [-0.39, 0.29) is 6.04 Å². The molecule has 2 rings (SSSR count). The summed E-state index contributed by atoms with van der Waals surface area (Å²) in [6.45, 7) is 7.31. The van der Waals surface area contributed by atoms with Crippen molar-refractivity contribution in [1.29, 1.82) is 0 Å². The minimum Gasteiger partial charge on any atom is -0.492 e. The van der Waals surface area contributed by atoms with Crippen LogP contribution >= 0.6 is 0 Å². The summed E-state index contributed by atoms with van der Waals surface area (Å²) in [5.74, 6) is 1.26. The van der Waals surface area contributed by atoms with Crippen LogP contribution in [0, 0.1) is 5.41 Å². The lowest BCUT2D eigenvalue weighted by atomic mass is 9.68. The number of aromatic nitrogens is 1. The fourth-order valence-corrected chi connectivity index (χ4v) is 2.86. The summed E-state index contributed by atoms with van der Waals surface area (Å²) in [5.41, 5.74) is 7.89. The van der Waals surface area contributed by atoms with Gasteiger partial charge in [-0.15, -0.1) is 0 Å². The van der Waals surface area contributed by atoms with Crippen LogP contribution < -0.4 is 10.5 Å². The van der Waals surface area contributed by atoms with Crippen LogP contribution in [0.4, 0.5) is 0 Å². The fourth-order valence-electron chi connectivity index (χ4n) is 2.86. The van der Waals surface area contributed by atoms with Gasteiger partial charge in [-0.2, -0.15) is 0 Å². The van der Waals surface area contributed by atoms with Crippen LogP contribution in [-0.2, 0) is 0 Å². The van der Waals surface area contributed by atoms with Crippen molar-refractivity contribution in [3.05, 3.63) is 24.0 Å². The highest BCUT2D eigenvalue weighted by molar-refractivity contribution is 5.28. The van der Waals surface area contributed by atoms with Gasteiger partial charge < -0.3 is 10.5 Å². The number of nitrogens with two attached hydrogens (primary N) is 1. The molecule has 0 saturated heterocycles. The van der Waals surface area contributed by atoms with E-state index in [0.717, 1.165) is 18.6 Å². The maximum Gasteiger partial charge on any atom is 0.137 e.